The Labute approximate surface area is 116 Å². The van der Waals surface area contributed by atoms with E-state index in [0.29, 0.717) is 0 Å². The van der Waals surface area contributed by atoms with Crippen molar-refractivity contribution in [2.75, 3.05) is 0 Å². The zero-order valence-electron chi connectivity index (χ0n) is 12.6. The predicted octanol–water partition coefficient (Wildman–Crippen LogP) is 4.97. The number of hydrogen-bond acceptors (Lipinski definition) is 1. The van der Waals surface area contributed by atoms with Crippen LogP contribution in [0.1, 0.15) is 39.9 Å². The molecule has 0 saturated carbocycles. The Hall–Kier alpha value is -1.83. The summed E-state index contributed by atoms with van der Waals surface area (Å²) >= 11 is 0. The average molecular weight is 256 g/mol. The van der Waals surface area contributed by atoms with Crippen LogP contribution in [0.2, 0.25) is 0 Å². The Morgan fingerprint density at radius 3 is 2.53 bits per heavy atom. The molecule has 1 aromatic carbocycles. The van der Waals surface area contributed by atoms with Gasteiger partial charge in [-0.2, -0.15) is 0 Å². The van der Waals surface area contributed by atoms with E-state index in [1.165, 1.54) is 11.1 Å². The van der Waals surface area contributed by atoms with Gasteiger partial charge in [0.15, 0.2) is 0 Å². The van der Waals surface area contributed by atoms with Gasteiger partial charge in [-0.25, -0.2) is 4.98 Å². The molecule has 0 saturated heterocycles. The summed E-state index contributed by atoms with van der Waals surface area (Å²) in [7, 11) is 2.07. The van der Waals surface area contributed by atoms with E-state index in [1.54, 1.807) is 0 Å². The first-order valence-corrected chi connectivity index (χ1v) is 7.02. The topological polar surface area (TPSA) is 17.8 Å². The molecule has 0 spiro atoms. The fraction of sp³-hybridized carbons (Fsp3) is 0.353. The van der Waals surface area contributed by atoms with E-state index < -0.39 is 0 Å². The van der Waals surface area contributed by atoms with E-state index in [0.717, 1.165) is 17.8 Å². The Morgan fingerprint density at radius 2 is 1.95 bits per heavy atom. The average Bonchev–Trinajstić information content (AvgIpc) is 2.79. The van der Waals surface area contributed by atoms with Crippen LogP contribution in [-0.2, 0) is 7.05 Å². The smallest absolute Gasteiger partial charge is 0.140 e. The fourth-order valence-corrected chi connectivity index (χ4v) is 2.04. The lowest BCUT2D eigenvalue weighted by Crippen LogP contribution is -1.95. The molecule has 2 rings (SSSR count). The molecule has 102 valence electrons. The van der Waals surface area contributed by atoms with E-state index in [2.05, 4.69) is 48.9 Å². The SMILES string of the molecule is C/C=C\C(=C/CC)c1nc2ccccc2n1C.CC. The number of nitrogens with zero attached hydrogens (tertiary/aromatic N) is 2. The van der Waals surface area contributed by atoms with Gasteiger partial charge in [0.2, 0.25) is 0 Å². The minimum absolute atomic E-state index is 1.02. The summed E-state index contributed by atoms with van der Waals surface area (Å²) in [5.74, 6) is 1.03. The van der Waals surface area contributed by atoms with Crippen molar-refractivity contribution in [2.45, 2.75) is 34.1 Å². The van der Waals surface area contributed by atoms with Gasteiger partial charge in [0.05, 0.1) is 11.0 Å². The fourth-order valence-electron chi connectivity index (χ4n) is 2.04. The summed E-state index contributed by atoms with van der Waals surface area (Å²) in [6.45, 7) is 8.18. The van der Waals surface area contributed by atoms with Crippen molar-refractivity contribution in [3.05, 3.63) is 48.3 Å². The number of para-hydroxylation sites is 2. The van der Waals surface area contributed by atoms with Crippen molar-refractivity contribution in [1.82, 2.24) is 9.55 Å². The normalized spacial score (nSPS) is 11.7. The zero-order chi connectivity index (χ0) is 14.3. The maximum Gasteiger partial charge on any atom is 0.140 e. The largest absolute Gasteiger partial charge is 0.327 e. The van der Waals surface area contributed by atoms with Crippen LogP contribution in [0.3, 0.4) is 0 Å². The lowest BCUT2D eigenvalue weighted by Gasteiger charge is -2.03. The number of rotatable bonds is 3. The molecule has 1 aromatic heterocycles. The highest BCUT2D eigenvalue weighted by molar-refractivity contribution is 5.81. The van der Waals surface area contributed by atoms with Crippen LogP contribution in [-0.4, -0.2) is 9.55 Å². The molecule has 1 heterocycles. The second-order valence-corrected chi connectivity index (χ2v) is 4.05. The Bertz CT molecular complexity index is 574. The Morgan fingerprint density at radius 1 is 1.26 bits per heavy atom. The van der Waals surface area contributed by atoms with E-state index >= 15 is 0 Å². The second kappa shape index (κ2) is 7.57. The number of hydrogen-bond donors (Lipinski definition) is 0. The van der Waals surface area contributed by atoms with Gasteiger partial charge in [0, 0.05) is 12.6 Å². The molecule has 0 N–H and O–H groups in total. The molecule has 0 aliphatic heterocycles. The highest BCUT2D eigenvalue weighted by Crippen LogP contribution is 2.21. The summed E-state index contributed by atoms with van der Waals surface area (Å²) in [6, 6.07) is 8.23. The van der Waals surface area contributed by atoms with Crippen molar-refractivity contribution in [3.8, 4) is 0 Å². The number of fused-ring (bicyclic) bond motifs is 1. The van der Waals surface area contributed by atoms with Gasteiger partial charge in [0.25, 0.3) is 0 Å². The monoisotopic (exact) mass is 256 g/mol. The first-order chi connectivity index (χ1) is 9.27. The van der Waals surface area contributed by atoms with Gasteiger partial charge in [-0.15, -0.1) is 0 Å². The van der Waals surface area contributed by atoms with Crippen LogP contribution in [0, 0.1) is 0 Å². The van der Waals surface area contributed by atoms with Gasteiger partial charge >= 0.3 is 0 Å². The number of allylic oxidation sites excluding steroid dienone is 4. The maximum absolute atomic E-state index is 4.69. The lowest BCUT2D eigenvalue weighted by molar-refractivity contribution is 0.922. The van der Waals surface area contributed by atoms with E-state index in [1.807, 2.05) is 32.9 Å². The Balaban J connectivity index is 0.000000861. The van der Waals surface area contributed by atoms with Crippen molar-refractivity contribution in [3.63, 3.8) is 0 Å². The van der Waals surface area contributed by atoms with E-state index in [9.17, 15) is 0 Å². The van der Waals surface area contributed by atoms with Gasteiger partial charge in [-0.05, 0) is 25.5 Å². The van der Waals surface area contributed by atoms with Gasteiger partial charge in [0.1, 0.15) is 5.82 Å². The first kappa shape index (κ1) is 15.2. The maximum atomic E-state index is 4.69. The van der Waals surface area contributed by atoms with Crippen molar-refractivity contribution in [2.24, 2.45) is 7.05 Å². The van der Waals surface area contributed by atoms with Crippen LogP contribution in [0.25, 0.3) is 16.6 Å². The standard InChI is InChI=1S/C15H18N2.C2H6/c1-4-8-12(9-5-2)15-16-13-10-6-7-11-14(13)17(15)3;1-2/h4,6-11H,5H2,1-3H3;1-2H3/b8-4-,12-9+;. The molecule has 2 aromatic rings. The molecule has 2 heteroatoms. The van der Waals surface area contributed by atoms with Crippen LogP contribution >= 0.6 is 0 Å². The molecular weight excluding hydrogens is 232 g/mol. The van der Waals surface area contributed by atoms with E-state index in [-0.39, 0.29) is 0 Å². The summed E-state index contributed by atoms with van der Waals surface area (Å²) in [5, 5.41) is 0. The third-order valence-corrected chi connectivity index (χ3v) is 2.82. The van der Waals surface area contributed by atoms with Crippen molar-refractivity contribution in [1.29, 1.82) is 0 Å². The molecule has 0 bridgehead atoms. The lowest BCUT2D eigenvalue weighted by atomic mass is 10.2. The number of aromatic nitrogens is 2. The summed E-state index contributed by atoms with van der Waals surface area (Å²) in [6.07, 6.45) is 7.40. The number of aryl methyl sites for hydroxylation is 1. The predicted molar refractivity (Wildman–Crippen MR) is 85.1 cm³/mol. The molecule has 19 heavy (non-hydrogen) atoms. The second-order valence-electron chi connectivity index (χ2n) is 4.05. The third-order valence-electron chi connectivity index (χ3n) is 2.82. The number of benzene rings is 1. The Kier molecular flexibility index (Phi) is 6.07. The molecule has 0 fully saturated rings. The van der Waals surface area contributed by atoms with Gasteiger partial charge in [-0.1, -0.05) is 51.1 Å². The molecular formula is C17H24N2. The highest BCUT2D eigenvalue weighted by atomic mass is 15.1. The summed E-state index contributed by atoms with van der Waals surface area (Å²) < 4.78 is 2.15. The van der Waals surface area contributed by atoms with Gasteiger partial charge < -0.3 is 4.57 Å². The number of imidazole rings is 1. The van der Waals surface area contributed by atoms with Crippen molar-refractivity contribution < 1.29 is 0 Å². The quantitative estimate of drug-likeness (QED) is 0.709. The van der Waals surface area contributed by atoms with Crippen LogP contribution in [0.5, 0.6) is 0 Å². The van der Waals surface area contributed by atoms with Crippen LogP contribution < -0.4 is 0 Å². The van der Waals surface area contributed by atoms with Gasteiger partial charge in [-0.3, -0.25) is 0 Å². The molecule has 0 aliphatic rings. The molecule has 0 unspecified atom stereocenters. The zero-order valence-corrected chi connectivity index (χ0v) is 12.6. The highest BCUT2D eigenvalue weighted by Gasteiger charge is 2.08. The molecule has 0 aliphatic carbocycles. The van der Waals surface area contributed by atoms with Crippen LogP contribution in [0.4, 0.5) is 0 Å². The molecule has 0 radical (unpaired) electrons. The van der Waals surface area contributed by atoms with E-state index in [4.69, 9.17) is 4.98 Å². The third kappa shape index (κ3) is 3.34. The molecule has 2 nitrogen and oxygen atoms in total. The summed E-state index contributed by atoms with van der Waals surface area (Å²) in [4.78, 5) is 4.69. The first-order valence-electron chi connectivity index (χ1n) is 7.02. The molecule has 0 atom stereocenters. The minimum Gasteiger partial charge on any atom is -0.327 e. The van der Waals surface area contributed by atoms with Crippen LogP contribution in [0.15, 0.2) is 42.5 Å². The van der Waals surface area contributed by atoms with Crippen molar-refractivity contribution >= 4 is 16.6 Å². The minimum atomic E-state index is 1.02. The summed E-state index contributed by atoms with van der Waals surface area (Å²) in [5.41, 5.74) is 3.42. The molecule has 0 amide bonds.